The number of hydrogen-bond acceptors (Lipinski definition) is 2. The molecule has 0 radical (unpaired) electrons. The van der Waals surface area contributed by atoms with Crippen LogP contribution in [0, 0.1) is 17.8 Å². The molecular weight excluding hydrogens is 416 g/mol. The van der Waals surface area contributed by atoms with Crippen molar-refractivity contribution in [3.63, 3.8) is 0 Å². The Morgan fingerprint density at radius 2 is 1.59 bits per heavy atom. The van der Waals surface area contributed by atoms with E-state index in [4.69, 9.17) is 0 Å². The molecule has 17 heavy (non-hydrogen) atoms. The zero-order valence-electron chi connectivity index (χ0n) is 9.01. The Morgan fingerprint density at radius 3 is 2.29 bits per heavy atom. The van der Waals surface area contributed by atoms with E-state index in [1.165, 1.54) is 0 Å². The summed E-state index contributed by atoms with van der Waals surface area (Å²) in [5.74, 6) is 1.06. The molecule has 0 aliphatic heterocycles. The second kappa shape index (κ2) is 2.93. The summed E-state index contributed by atoms with van der Waals surface area (Å²) in [6, 6.07) is 0. The van der Waals surface area contributed by atoms with E-state index in [-0.39, 0.29) is 23.5 Å². The first-order valence-electron chi connectivity index (χ1n) is 6.02. The minimum Gasteiger partial charge on any atom is -0.298 e. The molecule has 6 atom stereocenters. The van der Waals surface area contributed by atoms with Gasteiger partial charge in [0.05, 0.1) is 13.0 Å². The average Bonchev–Trinajstić information content (AvgIpc) is 2.87. The second-order valence-corrected chi connectivity index (χ2v) is 10.2. The van der Waals surface area contributed by atoms with Crippen molar-refractivity contribution in [3.8, 4) is 0 Å². The smallest absolute Gasteiger partial charge is 0.166 e. The van der Waals surface area contributed by atoms with Crippen LogP contribution in [0.2, 0.25) is 0 Å². The lowest BCUT2D eigenvalue weighted by Gasteiger charge is -2.25. The van der Waals surface area contributed by atoms with Gasteiger partial charge in [-0.3, -0.25) is 9.59 Å². The Morgan fingerprint density at radius 1 is 0.941 bits per heavy atom. The Labute approximate surface area is 125 Å². The van der Waals surface area contributed by atoms with Crippen LogP contribution in [-0.4, -0.2) is 24.5 Å². The fourth-order valence-corrected chi connectivity index (χ4v) is 9.01. The lowest BCUT2D eigenvalue weighted by Crippen LogP contribution is -2.39. The van der Waals surface area contributed by atoms with E-state index < -0.39 is 13.0 Å². The van der Waals surface area contributed by atoms with E-state index in [1.807, 2.05) is 0 Å². The molecule has 2 nitrogen and oxygen atoms in total. The Balaban J connectivity index is 2.00. The van der Waals surface area contributed by atoms with Crippen LogP contribution in [0.1, 0.15) is 25.7 Å². The van der Waals surface area contributed by atoms with Crippen molar-refractivity contribution in [2.24, 2.45) is 17.8 Å². The number of hydrogen-bond donors (Lipinski definition) is 0. The van der Waals surface area contributed by atoms with Crippen LogP contribution in [0.4, 0.5) is 0 Å². The molecule has 0 N–H and O–H groups in total. The number of ketones is 2. The first-order chi connectivity index (χ1) is 7.86. The predicted octanol–water partition coefficient (Wildman–Crippen LogP) is 2.99. The normalized spacial score (nSPS) is 63.6. The van der Waals surface area contributed by atoms with Crippen molar-refractivity contribution in [2.75, 3.05) is 0 Å². The van der Waals surface area contributed by atoms with Crippen LogP contribution >= 0.6 is 47.8 Å². The number of carbonyl (C=O) groups is 2. The van der Waals surface area contributed by atoms with Crippen LogP contribution in [0.25, 0.3) is 0 Å². The lowest BCUT2D eigenvalue weighted by molar-refractivity contribution is -0.123. The second-order valence-electron chi connectivity index (χ2n) is 5.93. The monoisotopic (exact) mass is 424 g/mol. The van der Waals surface area contributed by atoms with Crippen molar-refractivity contribution in [1.29, 1.82) is 0 Å². The van der Waals surface area contributed by atoms with Gasteiger partial charge in [0.2, 0.25) is 0 Å². The third kappa shape index (κ3) is 0.960. The van der Waals surface area contributed by atoms with Crippen LogP contribution in [0.15, 0.2) is 0 Å². The first kappa shape index (κ1) is 11.6. The van der Waals surface area contributed by atoms with Gasteiger partial charge in [0.15, 0.2) is 11.6 Å². The molecule has 5 heteroatoms. The summed E-state index contributed by atoms with van der Waals surface area (Å²) in [7, 11) is 0. The quantitative estimate of drug-likeness (QED) is 0.558. The Bertz CT molecular complexity index is 478. The summed E-state index contributed by atoms with van der Waals surface area (Å²) in [4.78, 5) is 25.2. The van der Waals surface area contributed by atoms with Crippen LogP contribution in [0.5, 0.6) is 0 Å². The van der Waals surface area contributed by atoms with E-state index in [0.717, 1.165) is 25.7 Å². The highest BCUT2D eigenvalue weighted by molar-refractivity contribution is 9.11. The van der Waals surface area contributed by atoms with E-state index in [1.54, 1.807) is 0 Å². The number of rotatable bonds is 0. The molecular formula is C12H11Br3O2. The van der Waals surface area contributed by atoms with E-state index in [0.29, 0.717) is 5.78 Å². The van der Waals surface area contributed by atoms with Crippen molar-refractivity contribution in [2.45, 2.75) is 38.7 Å². The van der Waals surface area contributed by atoms with Crippen LogP contribution in [0.3, 0.4) is 0 Å². The molecule has 0 saturated heterocycles. The average molecular weight is 427 g/mol. The van der Waals surface area contributed by atoms with Gasteiger partial charge < -0.3 is 0 Å². The highest BCUT2D eigenvalue weighted by Gasteiger charge is 2.82. The molecule has 4 rings (SSSR count). The van der Waals surface area contributed by atoms with Gasteiger partial charge in [0, 0.05) is 11.8 Å². The van der Waals surface area contributed by atoms with E-state index >= 15 is 0 Å². The van der Waals surface area contributed by atoms with Crippen molar-refractivity contribution >= 4 is 59.4 Å². The maximum absolute atomic E-state index is 12.7. The van der Waals surface area contributed by atoms with Crippen LogP contribution in [-0.2, 0) is 9.59 Å². The molecule has 0 aromatic heterocycles. The highest BCUT2D eigenvalue weighted by Crippen LogP contribution is 2.75. The summed E-state index contributed by atoms with van der Waals surface area (Å²) in [5, 5.41) is 0. The first-order valence-corrected chi connectivity index (χ1v) is 8.39. The van der Waals surface area contributed by atoms with Gasteiger partial charge in [-0.05, 0) is 31.6 Å². The van der Waals surface area contributed by atoms with Crippen LogP contribution < -0.4 is 0 Å². The lowest BCUT2D eigenvalue weighted by atomic mass is 9.89. The summed E-state index contributed by atoms with van der Waals surface area (Å²) >= 11 is 11.1. The van der Waals surface area contributed by atoms with Crippen molar-refractivity contribution in [3.05, 3.63) is 0 Å². The largest absolute Gasteiger partial charge is 0.298 e. The zero-order valence-corrected chi connectivity index (χ0v) is 13.8. The van der Waals surface area contributed by atoms with Gasteiger partial charge in [-0.25, -0.2) is 0 Å². The van der Waals surface area contributed by atoms with Gasteiger partial charge in [0.1, 0.15) is 0 Å². The molecule has 0 bridgehead atoms. The number of alkyl halides is 3. The SMILES string of the molecule is O=C1[C@@H]2CC[C@@]3(Br)C(=O)[C@@]4(Br)CC[C@]1(Br)[C@H]4[C@@H]23. The molecule has 4 saturated carbocycles. The predicted molar refractivity (Wildman–Crippen MR) is 73.9 cm³/mol. The van der Waals surface area contributed by atoms with Gasteiger partial charge in [0.25, 0.3) is 0 Å². The van der Waals surface area contributed by atoms with Gasteiger partial charge in [-0.1, -0.05) is 47.8 Å². The molecule has 4 aliphatic carbocycles. The zero-order chi connectivity index (χ0) is 12.2. The van der Waals surface area contributed by atoms with Crippen molar-refractivity contribution in [1.82, 2.24) is 0 Å². The van der Waals surface area contributed by atoms with E-state index in [9.17, 15) is 9.59 Å². The number of halogens is 3. The maximum atomic E-state index is 12.7. The Kier molecular flexibility index (Phi) is 2.00. The summed E-state index contributed by atoms with van der Waals surface area (Å²) in [6.07, 6.45) is 3.26. The molecule has 0 unspecified atom stereocenters. The third-order valence-corrected chi connectivity index (χ3v) is 9.30. The third-order valence-electron chi connectivity index (χ3n) is 5.48. The minimum absolute atomic E-state index is 0.0856. The standard InChI is InChI=1S/C12H11Br3O2/c13-10-2-1-5-6(10)7-11(14,8(5)16)3-4-12(7,15)9(10)17/h5-7H,1-4H2/t5-,6-,7-,10+,11+,12-/m1/s1. The summed E-state index contributed by atoms with van der Waals surface area (Å²) in [5.41, 5.74) is 0. The van der Waals surface area contributed by atoms with E-state index in [2.05, 4.69) is 47.8 Å². The maximum Gasteiger partial charge on any atom is 0.166 e. The fourth-order valence-electron chi connectivity index (χ4n) is 4.88. The van der Waals surface area contributed by atoms with Gasteiger partial charge in [-0.15, -0.1) is 0 Å². The molecule has 4 aliphatic rings. The molecule has 0 amide bonds. The Hall–Kier alpha value is 0.780. The fraction of sp³-hybridized carbons (Fsp3) is 0.833. The molecule has 0 heterocycles. The molecule has 0 spiro atoms. The molecule has 0 aromatic rings. The highest BCUT2D eigenvalue weighted by atomic mass is 79.9. The molecule has 92 valence electrons. The number of carbonyl (C=O) groups excluding carboxylic acids is 2. The molecule has 0 aromatic carbocycles. The van der Waals surface area contributed by atoms with Gasteiger partial charge in [-0.2, -0.15) is 0 Å². The van der Waals surface area contributed by atoms with Crippen molar-refractivity contribution < 1.29 is 9.59 Å². The minimum atomic E-state index is -0.463. The topological polar surface area (TPSA) is 34.1 Å². The molecule has 4 fully saturated rings. The number of Topliss-reactive ketones (excluding diaryl/α,β-unsaturated/α-hetero) is 2. The van der Waals surface area contributed by atoms with Gasteiger partial charge >= 0.3 is 0 Å². The summed E-state index contributed by atoms with van der Waals surface area (Å²) < 4.78 is -1.33. The summed E-state index contributed by atoms with van der Waals surface area (Å²) in [6.45, 7) is 0.